The Bertz CT molecular complexity index is 848. The molecule has 0 bridgehead atoms. The smallest absolute Gasteiger partial charge is 0.270 e. The molecule has 2 aliphatic rings. The summed E-state index contributed by atoms with van der Waals surface area (Å²) in [5.41, 5.74) is 0.952. The first-order valence-corrected chi connectivity index (χ1v) is 9.35. The molecule has 3 heterocycles. The summed E-state index contributed by atoms with van der Waals surface area (Å²) >= 11 is 0. The first kappa shape index (κ1) is 20.0. The molecule has 1 aromatic heterocycles. The van der Waals surface area contributed by atoms with Gasteiger partial charge >= 0.3 is 0 Å². The van der Waals surface area contributed by atoms with Gasteiger partial charge in [0.2, 0.25) is 11.9 Å². The van der Waals surface area contributed by atoms with Crippen LogP contribution in [-0.2, 0) is 16.1 Å². The van der Waals surface area contributed by atoms with Crippen LogP contribution in [0.3, 0.4) is 0 Å². The van der Waals surface area contributed by atoms with E-state index in [0.29, 0.717) is 49.8 Å². The molecule has 0 saturated carbocycles. The zero-order valence-electron chi connectivity index (χ0n) is 16.8. The predicted octanol–water partition coefficient (Wildman–Crippen LogP) is -0.523. The number of likely N-dealkylation sites (N-methyl/N-ethyl adjacent to an activating group) is 1. The van der Waals surface area contributed by atoms with E-state index in [9.17, 15) is 14.4 Å². The Kier molecular flexibility index (Phi) is 5.78. The van der Waals surface area contributed by atoms with Gasteiger partial charge in [0.15, 0.2) is 0 Å². The fraction of sp³-hybridized carbons (Fsp3) is 0.611. The third kappa shape index (κ3) is 4.38. The number of likely N-dealkylation sites (tertiary alicyclic amines) is 1. The van der Waals surface area contributed by atoms with Crippen LogP contribution in [0, 0.1) is 0 Å². The number of nitrogens with one attached hydrogen (secondary N) is 1. The van der Waals surface area contributed by atoms with Gasteiger partial charge in [-0.3, -0.25) is 24.3 Å². The quantitative estimate of drug-likeness (QED) is 0.726. The SMILES string of the molecule is CN1N=C(C(=O)N2CC[C@@H](N(C)Cc3cc(=O)[nH]c(N(C)C)n3)C2)CCC1=O. The Morgan fingerprint density at radius 1 is 1.29 bits per heavy atom. The standard InChI is InChI=1S/C18H27N7O3/c1-22(2)18-19-12(9-15(26)20-18)10-23(3)13-7-8-25(11-13)17(28)14-5-6-16(27)24(4)21-14/h9,13H,5-8,10-11H2,1-4H3,(H,19,20,26)/t13-/m1/s1. The van der Waals surface area contributed by atoms with E-state index >= 15 is 0 Å². The lowest BCUT2D eigenvalue weighted by Gasteiger charge is -2.26. The Balaban J connectivity index is 1.62. The van der Waals surface area contributed by atoms with E-state index in [0.717, 1.165) is 6.42 Å². The number of nitrogens with zero attached hydrogens (tertiary/aromatic N) is 6. The highest BCUT2D eigenvalue weighted by atomic mass is 16.2. The molecular formula is C18H27N7O3. The van der Waals surface area contributed by atoms with Crippen molar-refractivity contribution in [1.29, 1.82) is 0 Å². The van der Waals surface area contributed by atoms with Crippen LogP contribution in [0.5, 0.6) is 0 Å². The van der Waals surface area contributed by atoms with Gasteiger partial charge in [-0.05, 0) is 13.5 Å². The van der Waals surface area contributed by atoms with Crippen molar-refractivity contribution < 1.29 is 9.59 Å². The maximum atomic E-state index is 12.7. The van der Waals surface area contributed by atoms with Crippen molar-refractivity contribution in [2.75, 3.05) is 46.2 Å². The molecule has 1 N–H and O–H groups in total. The summed E-state index contributed by atoms with van der Waals surface area (Å²) in [6.45, 7) is 1.77. The number of aromatic amines is 1. The number of anilines is 1. The second kappa shape index (κ2) is 8.09. The minimum Gasteiger partial charge on any atom is -0.348 e. The van der Waals surface area contributed by atoms with E-state index in [2.05, 4.69) is 20.0 Å². The second-order valence-corrected chi connectivity index (χ2v) is 7.53. The molecule has 0 radical (unpaired) electrons. The van der Waals surface area contributed by atoms with Gasteiger partial charge < -0.3 is 9.80 Å². The van der Waals surface area contributed by atoms with Crippen LogP contribution in [0.2, 0.25) is 0 Å². The highest BCUT2D eigenvalue weighted by molar-refractivity contribution is 6.39. The second-order valence-electron chi connectivity index (χ2n) is 7.53. The minimum absolute atomic E-state index is 0.0713. The summed E-state index contributed by atoms with van der Waals surface area (Å²) in [5.74, 6) is 0.352. The molecule has 0 unspecified atom stereocenters. The number of rotatable bonds is 5. The van der Waals surface area contributed by atoms with Crippen molar-refractivity contribution >= 4 is 23.5 Å². The van der Waals surface area contributed by atoms with Crippen molar-refractivity contribution in [1.82, 2.24) is 24.8 Å². The number of hydrogen-bond donors (Lipinski definition) is 1. The van der Waals surface area contributed by atoms with Gasteiger partial charge in [0, 0.05) is 65.7 Å². The summed E-state index contributed by atoms with van der Waals surface area (Å²) in [5, 5.41) is 5.37. The average molecular weight is 389 g/mol. The summed E-state index contributed by atoms with van der Waals surface area (Å²) < 4.78 is 0. The largest absolute Gasteiger partial charge is 0.348 e. The molecule has 28 heavy (non-hydrogen) atoms. The molecule has 1 aromatic rings. The van der Waals surface area contributed by atoms with Crippen LogP contribution >= 0.6 is 0 Å². The highest BCUT2D eigenvalue weighted by Gasteiger charge is 2.32. The molecule has 2 aliphatic heterocycles. The zero-order chi connectivity index (χ0) is 20.4. The van der Waals surface area contributed by atoms with Crippen LogP contribution in [-0.4, -0.2) is 89.6 Å². The lowest BCUT2D eigenvalue weighted by molar-refractivity contribution is -0.130. The molecule has 2 amide bonds. The molecular weight excluding hydrogens is 362 g/mol. The van der Waals surface area contributed by atoms with Gasteiger partial charge in [0.1, 0.15) is 5.71 Å². The Hall–Kier alpha value is -2.75. The monoisotopic (exact) mass is 389 g/mol. The van der Waals surface area contributed by atoms with Crippen molar-refractivity contribution in [3.63, 3.8) is 0 Å². The van der Waals surface area contributed by atoms with Crippen LogP contribution < -0.4 is 10.5 Å². The fourth-order valence-electron chi connectivity index (χ4n) is 3.46. The summed E-state index contributed by atoms with van der Waals surface area (Å²) in [6.07, 6.45) is 1.55. The molecule has 152 valence electrons. The van der Waals surface area contributed by atoms with Crippen LogP contribution in [0.15, 0.2) is 16.0 Å². The maximum absolute atomic E-state index is 12.7. The lowest BCUT2D eigenvalue weighted by Crippen LogP contribution is -2.41. The van der Waals surface area contributed by atoms with Gasteiger partial charge in [-0.2, -0.15) is 5.10 Å². The van der Waals surface area contributed by atoms with E-state index in [-0.39, 0.29) is 23.4 Å². The molecule has 10 heteroatoms. The zero-order valence-corrected chi connectivity index (χ0v) is 16.8. The van der Waals surface area contributed by atoms with E-state index in [4.69, 9.17) is 0 Å². The Labute approximate surface area is 163 Å². The molecule has 1 fully saturated rings. The number of carbonyl (C=O) groups is 2. The number of hydrogen-bond acceptors (Lipinski definition) is 7. The predicted molar refractivity (Wildman–Crippen MR) is 105 cm³/mol. The van der Waals surface area contributed by atoms with E-state index in [1.54, 1.807) is 16.8 Å². The van der Waals surface area contributed by atoms with Gasteiger partial charge in [-0.15, -0.1) is 0 Å². The molecule has 0 spiro atoms. The topological polar surface area (TPSA) is 105 Å². The molecule has 3 rings (SSSR count). The normalized spacial score (nSPS) is 20.0. The van der Waals surface area contributed by atoms with Crippen molar-refractivity contribution in [2.45, 2.75) is 31.8 Å². The van der Waals surface area contributed by atoms with Crippen molar-refractivity contribution in [2.24, 2.45) is 5.10 Å². The summed E-state index contributed by atoms with van der Waals surface area (Å²) in [7, 11) is 7.20. The summed E-state index contributed by atoms with van der Waals surface area (Å²) in [4.78, 5) is 49.0. The number of H-pyrrole nitrogens is 1. The van der Waals surface area contributed by atoms with Crippen molar-refractivity contribution in [3.05, 3.63) is 22.1 Å². The van der Waals surface area contributed by atoms with E-state index in [1.807, 2.05) is 21.1 Å². The Morgan fingerprint density at radius 3 is 2.71 bits per heavy atom. The van der Waals surface area contributed by atoms with Gasteiger partial charge in [-0.25, -0.2) is 9.99 Å². The van der Waals surface area contributed by atoms with Crippen molar-refractivity contribution in [3.8, 4) is 0 Å². The first-order valence-electron chi connectivity index (χ1n) is 9.35. The number of amides is 2. The molecule has 10 nitrogen and oxygen atoms in total. The minimum atomic E-state index is -0.181. The van der Waals surface area contributed by atoms with Gasteiger partial charge in [0.25, 0.3) is 11.5 Å². The molecule has 0 aromatic carbocycles. The number of aromatic nitrogens is 2. The number of carbonyl (C=O) groups excluding carboxylic acids is 2. The van der Waals surface area contributed by atoms with Gasteiger partial charge in [0.05, 0.1) is 5.69 Å². The van der Waals surface area contributed by atoms with E-state index in [1.165, 1.54) is 11.1 Å². The number of hydrazone groups is 1. The first-order chi connectivity index (χ1) is 13.2. The molecule has 0 aliphatic carbocycles. The third-order valence-corrected chi connectivity index (χ3v) is 5.15. The average Bonchev–Trinajstić information content (AvgIpc) is 3.13. The fourth-order valence-corrected chi connectivity index (χ4v) is 3.46. The Morgan fingerprint density at radius 2 is 2.04 bits per heavy atom. The summed E-state index contributed by atoms with van der Waals surface area (Å²) in [6, 6.07) is 1.68. The van der Waals surface area contributed by atoms with Crippen LogP contribution in [0.25, 0.3) is 0 Å². The van der Waals surface area contributed by atoms with Crippen LogP contribution in [0.1, 0.15) is 25.0 Å². The molecule has 1 atom stereocenters. The van der Waals surface area contributed by atoms with E-state index < -0.39 is 0 Å². The highest BCUT2D eigenvalue weighted by Crippen LogP contribution is 2.18. The third-order valence-electron chi connectivity index (χ3n) is 5.15. The van der Waals surface area contributed by atoms with Gasteiger partial charge in [-0.1, -0.05) is 0 Å². The lowest BCUT2D eigenvalue weighted by atomic mass is 10.1. The molecule has 1 saturated heterocycles. The van der Waals surface area contributed by atoms with Crippen LogP contribution in [0.4, 0.5) is 5.95 Å². The maximum Gasteiger partial charge on any atom is 0.270 e.